The molecule has 0 spiro atoms. The summed E-state index contributed by atoms with van der Waals surface area (Å²) in [5.74, 6) is -1.46. The second-order valence-electron chi connectivity index (χ2n) is 4.82. The minimum atomic E-state index is -4.07. The predicted molar refractivity (Wildman–Crippen MR) is 91.2 cm³/mol. The molecule has 0 aliphatic heterocycles. The van der Waals surface area contributed by atoms with E-state index in [0.29, 0.717) is 0 Å². The lowest BCUT2D eigenvalue weighted by Gasteiger charge is -2.11. The van der Waals surface area contributed by atoms with E-state index >= 15 is 0 Å². The van der Waals surface area contributed by atoms with Crippen LogP contribution >= 0.6 is 11.6 Å². The van der Waals surface area contributed by atoms with Gasteiger partial charge in [-0.3, -0.25) is 4.72 Å². The second-order valence-corrected chi connectivity index (χ2v) is 6.91. The number of esters is 1. The van der Waals surface area contributed by atoms with Crippen molar-refractivity contribution >= 4 is 33.3 Å². The number of ether oxygens (including phenoxy) is 2. The van der Waals surface area contributed by atoms with Crippen molar-refractivity contribution < 1.29 is 27.1 Å². The number of anilines is 1. The van der Waals surface area contributed by atoms with Gasteiger partial charge in [-0.2, -0.15) is 0 Å². The van der Waals surface area contributed by atoms with E-state index in [2.05, 4.69) is 4.72 Å². The highest BCUT2D eigenvalue weighted by Crippen LogP contribution is 2.27. The maximum Gasteiger partial charge on any atom is 0.338 e. The van der Waals surface area contributed by atoms with Crippen molar-refractivity contribution in [3.8, 4) is 5.75 Å². The molecule has 0 saturated heterocycles. The number of nitrogens with one attached hydrogen (secondary N) is 1. The van der Waals surface area contributed by atoms with Gasteiger partial charge in [0, 0.05) is 0 Å². The Bertz CT molecular complexity index is 901. The molecule has 1 N–H and O–H groups in total. The number of hydrogen-bond donors (Lipinski definition) is 1. The Hall–Kier alpha value is -2.32. The molecular formula is C16H15ClFNO5S. The van der Waals surface area contributed by atoms with Gasteiger partial charge in [0.1, 0.15) is 0 Å². The third-order valence-corrected chi connectivity index (χ3v) is 4.83. The normalized spacial score (nSPS) is 11.0. The fraction of sp³-hybridized carbons (Fsp3) is 0.188. The molecule has 0 aromatic heterocycles. The number of sulfonamides is 1. The van der Waals surface area contributed by atoms with Gasteiger partial charge >= 0.3 is 5.97 Å². The smallest absolute Gasteiger partial charge is 0.338 e. The minimum Gasteiger partial charge on any atom is -0.494 e. The molecule has 25 heavy (non-hydrogen) atoms. The van der Waals surface area contributed by atoms with E-state index in [4.69, 9.17) is 21.1 Å². The van der Waals surface area contributed by atoms with Crippen LogP contribution in [0.3, 0.4) is 0 Å². The first kappa shape index (κ1) is 19.0. The van der Waals surface area contributed by atoms with Crippen LogP contribution in [0.15, 0.2) is 41.3 Å². The lowest BCUT2D eigenvalue weighted by Crippen LogP contribution is -2.14. The van der Waals surface area contributed by atoms with Gasteiger partial charge < -0.3 is 9.47 Å². The first-order valence-electron chi connectivity index (χ1n) is 7.11. The first-order valence-corrected chi connectivity index (χ1v) is 8.97. The number of rotatable bonds is 6. The van der Waals surface area contributed by atoms with E-state index in [1.54, 1.807) is 6.92 Å². The van der Waals surface area contributed by atoms with Crippen molar-refractivity contribution in [1.82, 2.24) is 0 Å². The summed E-state index contributed by atoms with van der Waals surface area (Å²) in [5.41, 5.74) is 0.233. The molecule has 0 unspecified atom stereocenters. The lowest BCUT2D eigenvalue weighted by molar-refractivity contribution is 0.0526. The molecule has 0 fully saturated rings. The van der Waals surface area contributed by atoms with Gasteiger partial charge in [-0.25, -0.2) is 17.6 Å². The Morgan fingerprint density at radius 1 is 1.24 bits per heavy atom. The summed E-state index contributed by atoms with van der Waals surface area (Å²) in [6.45, 7) is 1.86. The zero-order valence-electron chi connectivity index (χ0n) is 13.4. The van der Waals surface area contributed by atoms with E-state index in [1.165, 1.54) is 37.4 Å². The van der Waals surface area contributed by atoms with Crippen LogP contribution in [0, 0.1) is 5.82 Å². The van der Waals surface area contributed by atoms with E-state index in [0.717, 1.165) is 6.07 Å². The minimum absolute atomic E-state index is 0.00288. The quantitative estimate of drug-likeness (QED) is 0.767. The van der Waals surface area contributed by atoms with Crippen LogP contribution in [0.5, 0.6) is 5.75 Å². The van der Waals surface area contributed by atoms with Gasteiger partial charge in [-0.15, -0.1) is 0 Å². The zero-order chi connectivity index (χ0) is 18.6. The van der Waals surface area contributed by atoms with Crippen molar-refractivity contribution in [1.29, 1.82) is 0 Å². The van der Waals surface area contributed by atoms with Crippen LogP contribution in [-0.2, 0) is 14.8 Å². The average Bonchev–Trinajstić information content (AvgIpc) is 2.56. The third-order valence-electron chi connectivity index (χ3n) is 3.16. The van der Waals surface area contributed by atoms with Crippen LogP contribution in [0.1, 0.15) is 17.3 Å². The highest BCUT2D eigenvalue weighted by molar-refractivity contribution is 7.92. The number of hydrogen-bond acceptors (Lipinski definition) is 5. The fourth-order valence-corrected chi connectivity index (χ4v) is 3.33. The summed E-state index contributed by atoms with van der Waals surface area (Å²) in [7, 11) is -2.80. The molecule has 0 amide bonds. The number of benzene rings is 2. The Kier molecular flexibility index (Phi) is 5.86. The number of halogens is 2. The standard InChI is InChI=1S/C16H15ClFNO5S/c1-3-24-16(20)10-4-6-14(12(17)8-10)19-25(21,22)11-5-7-15(23-2)13(18)9-11/h4-9,19H,3H2,1-2H3. The predicted octanol–water partition coefficient (Wildman–Crippen LogP) is 3.47. The largest absolute Gasteiger partial charge is 0.494 e. The zero-order valence-corrected chi connectivity index (χ0v) is 14.9. The van der Waals surface area contributed by atoms with Gasteiger partial charge in [0.2, 0.25) is 0 Å². The Morgan fingerprint density at radius 3 is 2.52 bits per heavy atom. The molecule has 6 nitrogen and oxygen atoms in total. The van der Waals surface area contributed by atoms with E-state index in [-0.39, 0.29) is 33.5 Å². The Morgan fingerprint density at radius 2 is 1.96 bits per heavy atom. The second kappa shape index (κ2) is 7.71. The molecule has 2 aromatic carbocycles. The van der Waals surface area contributed by atoms with E-state index < -0.39 is 21.8 Å². The highest BCUT2D eigenvalue weighted by Gasteiger charge is 2.19. The summed E-state index contributed by atoms with van der Waals surface area (Å²) >= 11 is 6.02. The molecular weight excluding hydrogens is 373 g/mol. The maximum absolute atomic E-state index is 13.7. The molecule has 0 atom stereocenters. The van der Waals surface area contributed by atoms with Gasteiger partial charge in [-0.05, 0) is 43.3 Å². The summed E-state index contributed by atoms with van der Waals surface area (Å²) in [4.78, 5) is 11.3. The SMILES string of the molecule is CCOC(=O)c1ccc(NS(=O)(=O)c2ccc(OC)c(F)c2)c(Cl)c1. The van der Waals surface area contributed by atoms with Crippen molar-refractivity contribution in [3.63, 3.8) is 0 Å². The van der Waals surface area contributed by atoms with Crippen LogP contribution in [-0.4, -0.2) is 28.1 Å². The Labute approximate surface area is 149 Å². The molecule has 2 rings (SSSR count). The van der Waals surface area contributed by atoms with Crippen molar-refractivity contribution in [2.75, 3.05) is 18.4 Å². The number of carbonyl (C=O) groups is 1. The lowest BCUT2D eigenvalue weighted by atomic mass is 10.2. The van der Waals surface area contributed by atoms with Crippen LogP contribution < -0.4 is 9.46 Å². The average molecular weight is 388 g/mol. The maximum atomic E-state index is 13.7. The highest BCUT2D eigenvalue weighted by atomic mass is 35.5. The Balaban J connectivity index is 2.29. The molecule has 0 saturated carbocycles. The van der Waals surface area contributed by atoms with Crippen molar-refractivity contribution in [2.45, 2.75) is 11.8 Å². The summed E-state index contributed by atoms with van der Waals surface area (Å²) in [6.07, 6.45) is 0. The van der Waals surface area contributed by atoms with Crippen LogP contribution in [0.4, 0.5) is 10.1 Å². The van der Waals surface area contributed by atoms with Gasteiger partial charge in [0.25, 0.3) is 10.0 Å². The topological polar surface area (TPSA) is 81.7 Å². The van der Waals surface area contributed by atoms with E-state index in [1.807, 2.05) is 0 Å². The molecule has 0 aliphatic rings. The molecule has 0 aliphatic carbocycles. The molecule has 0 bridgehead atoms. The first-order chi connectivity index (χ1) is 11.8. The molecule has 0 radical (unpaired) electrons. The van der Waals surface area contributed by atoms with Gasteiger partial charge in [-0.1, -0.05) is 11.6 Å². The summed E-state index contributed by atoms with van der Waals surface area (Å²) in [5, 5.41) is 0.00288. The monoisotopic (exact) mass is 387 g/mol. The van der Waals surface area contributed by atoms with Gasteiger partial charge in [0.15, 0.2) is 11.6 Å². The van der Waals surface area contributed by atoms with Crippen LogP contribution in [0.25, 0.3) is 0 Å². The molecule has 0 heterocycles. The summed E-state index contributed by atoms with van der Waals surface area (Å²) in [6, 6.07) is 7.22. The summed E-state index contributed by atoms with van der Waals surface area (Å²) < 4.78 is 50.3. The number of carbonyl (C=O) groups excluding carboxylic acids is 1. The fourth-order valence-electron chi connectivity index (χ4n) is 1.96. The number of methoxy groups -OCH3 is 1. The van der Waals surface area contributed by atoms with Gasteiger partial charge in [0.05, 0.1) is 34.9 Å². The van der Waals surface area contributed by atoms with Crippen molar-refractivity contribution in [2.24, 2.45) is 0 Å². The molecule has 2 aromatic rings. The third kappa shape index (κ3) is 4.40. The molecule has 134 valence electrons. The van der Waals surface area contributed by atoms with E-state index in [9.17, 15) is 17.6 Å². The molecule has 9 heteroatoms. The van der Waals surface area contributed by atoms with Crippen molar-refractivity contribution in [3.05, 3.63) is 52.8 Å². The van der Waals surface area contributed by atoms with Crippen LogP contribution in [0.2, 0.25) is 5.02 Å².